The number of rotatable bonds is 5. The molecule has 0 radical (unpaired) electrons. The highest BCUT2D eigenvalue weighted by atomic mass is 19.1. The lowest BCUT2D eigenvalue weighted by molar-refractivity contribution is -0.118. The number of nitrogens with one attached hydrogen (secondary N) is 3. The second kappa shape index (κ2) is 7.35. The number of carbonyl (C=O) groups excluding carboxylic acids is 2. The molecule has 0 bridgehead atoms. The number of amides is 2. The van der Waals surface area contributed by atoms with Crippen LogP contribution in [-0.4, -0.2) is 28.1 Å². The molecule has 26 heavy (non-hydrogen) atoms. The van der Waals surface area contributed by atoms with E-state index < -0.39 is 17.8 Å². The van der Waals surface area contributed by atoms with Crippen molar-refractivity contribution in [1.29, 1.82) is 0 Å². The van der Waals surface area contributed by atoms with Crippen molar-refractivity contribution in [3.8, 4) is 0 Å². The van der Waals surface area contributed by atoms with Gasteiger partial charge in [0.25, 0.3) is 5.91 Å². The first-order valence-electron chi connectivity index (χ1n) is 8.25. The smallest absolute Gasteiger partial charge is 0.254 e. The molecular formula is C19H19FN4O2. The van der Waals surface area contributed by atoms with Crippen molar-refractivity contribution >= 4 is 28.4 Å². The van der Waals surface area contributed by atoms with Gasteiger partial charge in [0.05, 0.1) is 17.3 Å². The minimum atomic E-state index is -0.804. The molecule has 3 N–H and O–H groups in total. The molecule has 134 valence electrons. The highest BCUT2D eigenvalue weighted by Gasteiger charge is 2.25. The van der Waals surface area contributed by atoms with Crippen molar-refractivity contribution in [3.05, 3.63) is 60.0 Å². The maximum Gasteiger partial charge on any atom is 0.254 e. The molecule has 1 unspecified atom stereocenters. The van der Waals surface area contributed by atoms with Crippen molar-refractivity contribution < 1.29 is 14.0 Å². The number of carbonyl (C=O) groups is 2. The number of anilines is 1. The lowest BCUT2D eigenvalue weighted by atomic mass is 10.0. The van der Waals surface area contributed by atoms with E-state index in [-0.39, 0.29) is 17.4 Å². The highest BCUT2D eigenvalue weighted by molar-refractivity contribution is 6.02. The number of aromatic nitrogens is 2. The van der Waals surface area contributed by atoms with E-state index in [1.165, 1.54) is 18.2 Å². The second-order valence-electron chi connectivity index (χ2n) is 6.34. The topological polar surface area (TPSA) is 86.9 Å². The normalized spacial score (nSPS) is 12.2. The summed E-state index contributed by atoms with van der Waals surface area (Å²) in [6.45, 7) is 3.62. The molecule has 6 nitrogen and oxygen atoms in total. The number of benzene rings is 2. The molecule has 1 atom stereocenters. The van der Waals surface area contributed by atoms with Gasteiger partial charge in [-0.05, 0) is 36.2 Å². The maximum atomic E-state index is 13.8. The third-order valence-corrected chi connectivity index (χ3v) is 4.06. The molecule has 3 aromatic rings. The zero-order valence-electron chi connectivity index (χ0n) is 14.4. The van der Waals surface area contributed by atoms with Gasteiger partial charge in [0.1, 0.15) is 11.9 Å². The molecule has 3 rings (SSSR count). The molecule has 0 fully saturated rings. The summed E-state index contributed by atoms with van der Waals surface area (Å²) in [5, 5.41) is 13.0. The second-order valence-corrected chi connectivity index (χ2v) is 6.34. The van der Waals surface area contributed by atoms with Crippen LogP contribution in [0.5, 0.6) is 0 Å². The minimum Gasteiger partial charge on any atom is -0.340 e. The SMILES string of the molecule is CC(C)C(NC(=O)c1ccccc1F)C(=O)Nc1ccc2[nH]ncc2c1. The van der Waals surface area contributed by atoms with Gasteiger partial charge in [-0.25, -0.2) is 4.39 Å². The monoisotopic (exact) mass is 354 g/mol. The Morgan fingerprint density at radius 1 is 1.15 bits per heavy atom. The predicted octanol–water partition coefficient (Wildman–Crippen LogP) is 3.10. The van der Waals surface area contributed by atoms with Crippen LogP contribution in [0.4, 0.5) is 10.1 Å². The number of nitrogens with zero attached hydrogens (tertiary/aromatic N) is 1. The zero-order chi connectivity index (χ0) is 18.7. The number of aromatic amines is 1. The summed E-state index contributed by atoms with van der Waals surface area (Å²) in [7, 11) is 0. The van der Waals surface area contributed by atoms with E-state index in [0.717, 1.165) is 10.9 Å². The molecule has 0 aliphatic carbocycles. The lowest BCUT2D eigenvalue weighted by Crippen LogP contribution is -2.47. The first-order valence-corrected chi connectivity index (χ1v) is 8.25. The molecule has 0 saturated carbocycles. The number of hydrogen-bond acceptors (Lipinski definition) is 3. The van der Waals surface area contributed by atoms with Gasteiger partial charge in [0.15, 0.2) is 0 Å². The van der Waals surface area contributed by atoms with Crippen molar-refractivity contribution in [3.63, 3.8) is 0 Å². The molecule has 0 saturated heterocycles. The van der Waals surface area contributed by atoms with Crippen molar-refractivity contribution in [2.24, 2.45) is 5.92 Å². The van der Waals surface area contributed by atoms with Gasteiger partial charge < -0.3 is 10.6 Å². The van der Waals surface area contributed by atoms with Crippen LogP contribution in [0.1, 0.15) is 24.2 Å². The van der Waals surface area contributed by atoms with Gasteiger partial charge >= 0.3 is 0 Å². The third-order valence-electron chi connectivity index (χ3n) is 4.06. The molecule has 1 heterocycles. The summed E-state index contributed by atoms with van der Waals surface area (Å²) in [4.78, 5) is 25.0. The number of hydrogen-bond donors (Lipinski definition) is 3. The summed E-state index contributed by atoms with van der Waals surface area (Å²) in [6.07, 6.45) is 1.66. The zero-order valence-corrected chi connectivity index (χ0v) is 14.4. The summed E-state index contributed by atoms with van der Waals surface area (Å²) < 4.78 is 13.8. The molecule has 1 aromatic heterocycles. The van der Waals surface area contributed by atoms with Crippen molar-refractivity contribution in [2.75, 3.05) is 5.32 Å². The Morgan fingerprint density at radius 3 is 2.65 bits per heavy atom. The van der Waals surface area contributed by atoms with Crippen LogP contribution in [0.3, 0.4) is 0 Å². The fraction of sp³-hybridized carbons (Fsp3) is 0.211. The lowest BCUT2D eigenvalue weighted by Gasteiger charge is -2.22. The first kappa shape index (κ1) is 17.6. The number of fused-ring (bicyclic) bond motifs is 1. The van der Waals surface area contributed by atoms with E-state index in [1.807, 2.05) is 13.8 Å². The Morgan fingerprint density at radius 2 is 1.92 bits per heavy atom. The van der Waals surface area contributed by atoms with E-state index in [0.29, 0.717) is 5.69 Å². The Kier molecular flexibility index (Phi) is 4.97. The van der Waals surface area contributed by atoms with E-state index in [2.05, 4.69) is 20.8 Å². The Balaban J connectivity index is 1.75. The Hall–Kier alpha value is -3.22. The number of H-pyrrole nitrogens is 1. The average Bonchev–Trinajstić information content (AvgIpc) is 3.07. The summed E-state index contributed by atoms with van der Waals surface area (Å²) in [5.74, 6) is -1.79. The minimum absolute atomic E-state index is 0.0919. The van der Waals surface area contributed by atoms with Crippen LogP contribution in [0.25, 0.3) is 10.9 Å². The van der Waals surface area contributed by atoms with E-state index in [9.17, 15) is 14.0 Å². The molecular weight excluding hydrogens is 335 g/mol. The summed E-state index contributed by atoms with van der Waals surface area (Å²) >= 11 is 0. The molecule has 0 aliphatic rings. The summed E-state index contributed by atoms with van der Waals surface area (Å²) in [5.41, 5.74) is 1.36. The fourth-order valence-corrected chi connectivity index (χ4v) is 2.64. The van der Waals surface area contributed by atoms with Crippen LogP contribution >= 0.6 is 0 Å². The van der Waals surface area contributed by atoms with Gasteiger partial charge in [-0.15, -0.1) is 0 Å². The molecule has 0 spiro atoms. The Bertz CT molecular complexity index is 951. The average molecular weight is 354 g/mol. The van der Waals surface area contributed by atoms with Crippen LogP contribution < -0.4 is 10.6 Å². The van der Waals surface area contributed by atoms with E-state index in [1.54, 1.807) is 30.5 Å². The van der Waals surface area contributed by atoms with Gasteiger partial charge in [-0.1, -0.05) is 26.0 Å². The van der Waals surface area contributed by atoms with Gasteiger partial charge in [0, 0.05) is 11.1 Å². The van der Waals surface area contributed by atoms with Crippen molar-refractivity contribution in [1.82, 2.24) is 15.5 Å². The quantitative estimate of drug-likeness (QED) is 0.658. The molecule has 2 aromatic carbocycles. The van der Waals surface area contributed by atoms with Crippen LogP contribution in [-0.2, 0) is 4.79 Å². The predicted molar refractivity (Wildman–Crippen MR) is 97.2 cm³/mol. The highest BCUT2D eigenvalue weighted by Crippen LogP contribution is 2.18. The van der Waals surface area contributed by atoms with E-state index in [4.69, 9.17) is 0 Å². The molecule has 0 aliphatic heterocycles. The van der Waals surface area contributed by atoms with Gasteiger partial charge in [0.2, 0.25) is 5.91 Å². The van der Waals surface area contributed by atoms with Crippen molar-refractivity contribution in [2.45, 2.75) is 19.9 Å². The van der Waals surface area contributed by atoms with Crippen LogP contribution in [0.15, 0.2) is 48.7 Å². The summed E-state index contributed by atoms with van der Waals surface area (Å²) in [6, 6.07) is 10.2. The first-order chi connectivity index (χ1) is 12.5. The molecule has 7 heteroatoms. The van der Waals surface area contributed by atoms with Gasteiger partial charge in [-0.3, -0.25) is 14.7 Å². The standard InChI is InChI=1S/C19H19FN4O2/c1-11(2)17(23-18(25)14-5-3-4-6-15(14)20)19(26)22-13-7-8-16-12(9-13)10-21-24-16/h3-11,17H,1-2H3,(H,21,24)(H,22,26)(H,23,25). The van der Waals surface area contributed by atoms with Crippen LogP contribution in [0, 0.1) is 11.7 Å². The maximum absolute atomic E-state index is 13.8. The van der Waals surface area contributed by atoms with E-state index >= 15 is 0 Å². The largest absolute Gasteiger partial charge is 0.340 e. The third kappa shape index (κ3) is 3.72. The fourth-order valence-electron chi connectivity index (χ4n) is 2.64. The molecule has 2 amide bonds. The van der Waals surface area contributed by atoms with Crippen LogP contribution in [0.2, 0.25) is 0 Å². The Labute approximate surface area is 149 Å². The van der Waals surface area contributed by atoms with Gasteiger partial charge in [-0.2, -0.15) is 5.10 Å². The number of halogens is 1.